The Morgan fingerprint density at radius 2 is 2.26 bits per heavy atom. The van der Waals surface area contributed by atoms with Gasteiger partial charge in [-0.1, -0.05) is 0 Å². The number of carbonyl (C=O) groups excluding carboxylic acids is 2. The minimum absolute atomic E-state index is 0.108. The van der Waals surface area contributed by atoms with Gasteiger partial charge in [0, 0.05) is 19.8 Å². The predicted octanol–water partition coefficient (Wildman–Crippen LogP) is 0.636. The summed E-state index contributed by atoms with van der Waals surface area (Å²) in [4.78, 5) is 25.1. The maximum atomic E-state index is 12.1. The first kappa shape index (κ1) is 13.9. The van der Waals surface area contributed by atoms with Crippen molar-refractivity contribution in [2.75, 3.05) is 18.6 Å². The van der Waals surface area contributed by atoms with Gasteiger partial charge in [0.05, 0.1) is 6.20 Å². The van der Waals surface area contributed by atoms with Crippen LogP contribution < -0.4 is 5.32 Å². The standard InChI is InChI=1S/C12H18N4O2S/c1-15-8-9(7-13-15)3-5-16-11(17)10(4-6-19-2)14-12(16)18/h7-8,10H,3-6H2,1-2H3,(H,14,18)/t10-/m1/s1. The third-order valence-electron chi connectivity index (χ3n) is 3.10. The predicted molar refractivity (Wildman–Crippen MR) is 73.9 cm³/mol. The number of rotatable bonds is 6. The number of amides is 3. The smallest absolute Gasteiger partial charge is 0.324 e. The topological polar surface area (TPSA) is 67.2 Å². The molecule has 2 heterocycles. The van der Waals surface area contributed by atoms with Crippen LogP contribution in [0.4, 0.5) is 4.79 Å². The number of carbonyl (C=O) groups is 2. The first-order chi connectivity index (χ1) is 9.11. The Morgan fingerprint density at radius 1 is 1.47 bits per heavy atom. The number of nitrogens with one attached hydrogen (secondary N) is 1. The van der Waals surface area contributed by atoms with Crippen molar-refractivity contribution in [1.29, 1.82) is 0 Å². The van der Waals surface area contributed by atoms with Gasteiger partial charge in [-0.25, -0.2) is 4.79 Å². The maximum absolute atomic E-state index is 12.1. The molecule has 19 heavy (non-hydrogen) atoms. The van der Waals surface area contributed by atoms with Crippen LogP contribution in [0.15, 0.2) is 12.4 Å². The molecule has 0 radical (unpaired) electrons. The summed E-state index contributed by atoms with van der Waals surface area (Å²) < 4.78 is 1.71. The minimum atomic E-state index is -0.353. The first-order valence-electron chi connectivity index (χ1n) is 6.20. The van der Waals surface area contributed by atoms with Crippen LogP contribution >= 0.6 is 11.8 Å². The van der Waals surface area contributed by atoms with Crippen molar-refractivity contribution in [2.24, 2.45) is 7.05 Å². The van der Waals surface area contributed by atoms with E-state index >= 15 is 0 Å². The average Bonchev–Trinajstić information content (AvgIpc) is 2.90. The van der Waals surface area contributed by atoms with Crippen molar-refractivity contribution in [2.45, 2.75) is 18.9 Å². The number of thioether (sulfide) groups is 1. The van der Waals surface area contributed by atoms with Crippen LogP contribution in [-0.2, 0) is 18.3 Å². The molecule has 1 aliphatic heterocycles. The van der Waals surface area contributed by atoms with Crippen LogP contribution in [0, 0.1) is 0 Å². The fourth-order valence-corrected chi connectivity index (χ4v) is 2.53. The largest absolute Gasteiger partial charge is 0.326 e. The summed E-state index contributed by atoms with van der Waals surface area (Å²) in [5, 5.41) is 6.80. The fourth-order valence-electron chi connectivity index (χ4n) is 2.06. The van der Waals surface area contributed by atoms with Gasteiger partial charge in [0.2, 0.25) is 0 Å². The maximum Gasteiger partial charge on any atom is 0.324 e. The number of hydrogen-bond donors (Lipinski definition) is 1. The van der Waals surface area contributed by atoms with Crippen LogP contribution in [0.25, 0.3) is 0 Å². The van der Waals surface area contributed by atoms with Crippen molar-refractivity contribution in [3.05, 3.63) is 18.0 Å². The molecule has 1 aliphatic rings. The van der Waals surface area contributed by atoms with Crippen LogP contribution in [0.3, 0.4) is 0 Å². The minimum Gasteiger partial charge on any atom is -0.326 e. The summed E-state index contributed by atoms with van der Waals surface area (Å²) in [7, 11) is 1.84. The van der Waals surface area contributed by atoms with Gasteiger partial charge >= 0.3 is 6.03 Å². The van der Waals surface area contributed by atoms with E-state index in [4.69, 9.17) is 0 Å². The molecule has 0 aromatic carbocycles. The van der Waals surface area contributed by atoms with Crippen molar-refractivity contribution in [3.8, 4) is 0 Å². The highest BCUT2D eigenvalue weighted by Gasteiger charge is 2.36. The fraction of sp³-hybridized carbons (Fsp3) is 0.583. The Balaban J connectivity index is 1.89. The summed E-state index contributed by atoms with van der Waals surface area (Å²) in [6.45, 7) is 0.409. The Morgan fingerprint density at radius 3 is 2.89 bits per heavy atom. The molecule has 0 spiro atoms. The highest BCUT2D eigenvalue weighted by Crippen LogP contribution is 2.12. The molecule has 7 heteroatoms. The van der Waals surface area contributed by atoms with E-state index in [0.29, 0.717) is 19.4 Å². The number of urea groups is 1. The quantitative estimate of drug-likeness (QED) is 0.777. The summed E-state index contributed by atoms with van der Waals surface area (Å²) in [5.74, 6) is 0.760. The summed E-state index contributed by atoms with van der Waals surface area (Å²) in [6, 6.07) is -0.631. The molecule has 1 fully saturated rings. The molecule has 1 atom stereocenters. The Labute approximate surface area is 116 Å². The van der Waals surface area contributed by atoms with Gasteiger partial charge in [0.1, 0.15) is 6.04 Å². The van der Waals surface area contributed by atoms with E-state index < -0.39 is 0 Å². The third-order valence-corrected chi connectivity index (χ3v) is 3.74. The van der Waals surface area contributed by atoms with Gasteiger partial charge in [0.15, 0.2) is 0 Å². The van der Waals surface area contributed by atoms with Crippen LogP contribution in [0.2, 0.25) is 0 Å². The normalized spacial score (nSPS) is 19.1. The van der Waals surface area contributed by atoms with Crippen LogP contribution in [0.5, 0.6) is 0 Å². The summed E-state index contributed by atoms with van der Waals surface area (Å²) in [5.41, 5.74) is 1.02. The van der Waals surface area contributed by atoms with Gasteiger partial charge in [-0.2, -0.15) is 16.9 Å². The molecule has 1 N–H and O–H groups in total. The van der Waals surface area contributed by atoms with Crippen LogP contribution in [-0.4, -0.2) is 51.2 Å². The molecule has 6 nitrogen and oxygen atoms in total. The molecule has 0 bridgehead atoms. The molecular weight excluding hydrogens is 264 g/mol. The Kier molecular flexibility index (Phi) is 4.47. The van der Waals surface area contributed by atoms with Gasteiger partial charge in [0.25, 0.3) is 5.91 Å². The van der Waals surface area contributed by atoms with E-state index in [-0.39, 0.29) is 18.0 Å². The van der Waals surface area contributed by atoms with Crippen molar-refractivity contribution in [1.82, 2.24) is 20.0 Å². The van der Waals surface area contributed by atoms with E-state index in [0.717, 1.165) is 11.3 Å². The molecule has 1 saturated heterocycles. The molecule has 2 rings (SSSR count). The van der Waals surface area contributed by atoms with Crippen molar-refractivity contribution in [3.63, 3.8) is 0 Å². The van der Waals surface area contributed by atoms with E-state index in [1.54, 1.807) is 22.6 Å². The average molecular weight is 282 g/mol. The number of nitrogens with zero attached hydrogens (tertiary/aromatic N) is 3. The monoisotopic (exact) mass is 282 g/mol. The zero-order chi connectivity index (χ0) is 13.8. The van der Waals surface area contributed by atoms with Gasteiger partial charge in [-0.3, -0.25) is 14.4 Å². The van der Waals surface area contributed by atoms with Crippen molar-refractivity contribution < 1.29 is 9.59 Å². The summed E-state index contributed by atoms with van der Waals surface area (Å²) >= 11 is 1.67. The molecule has 0 saturated carbocycles. The number of imide groups is 1. The highest BCUT2D eigenvalue weighted by atomic mass is 32.2. The SMILES string of the molecule is CSCC[C@H]1NC(=O)N(CCc2cnn(C)c2)C1=O. The van der Waals surface area contributed by atoms with Crippen LogP contribution in [0.1, 0.15) is 12.0 Å². The number of hydrogen-bond acceptors (Lipinski definition) is 4. The zero-order valence-corrected chi connectivity index (χ0v) is 11.9. The second-order valence-corrected chi connectivity index (χ2v) is 5.53. The lowest BCUT2D eigenvalue weighted by Crippen LogP contribution is -2.33. The molecule has 3 amide bonds. The molecule has 0 unspecified atom stereocenters. The number of aryl methyl sites for hydroxylation is 1. The number of aromatic nitrogens is 2. The van der Waals surface area contributed by atoms with E-state index in [1.165, 1.54) is 4.90 Å². The Hall–Kier alpha value is -1.50. The molecule has 1 aromatic rings. The first-order valence-corrected chi connectivity index (χ1v) is 7.59. The van der Waals surface area contributed by atoms with Gasteiger partial charge < -0.3 is 5.32 Å². The van der Waals surface area contributed by atoms with E-state index in [1.807, 2.05) is 19.5 Å². The Bertz CT molecular complexity index is 474. The third kappa shape index (κ3) is 3.28. The van der Waals surface area contributed by atoms with Gasteiger partial charge in [-0.15, -0.1) is 0 Å². The molecule has 104 valence electrons. The summed E-state index contributed by atoms with van der Waals surface area (Å²) in [6.07, 6.45) is 6.96. The molecule has 1 aromatic heterocycles. The highest BCUT2D eigenvalue weighted by molar-refractivity contribution is 7.98. The lowest BCUT2D eigenvalue weighted by molar-refractivity contribution is -0.127. The second kappa shape index (κ2) is 6.10. The zero-order valence-electron chi connectivity index (χ0n) is 11.1. The lowest BCUT2D eigenvalue weighted by Gasteiger charge is -2.11. The van der Waals surface area contributed by atoms with Gasteiger partial charge in [-0.05, 0) is 30.4 Å². The van der Waals surface area contributed by atoms with E-state index in [9.17, 15) is 9.59 Å². The molecular formula is C12H18N4O2S. The molecule has 0 aliphatic carbocycles. The van der Waals surface area contributed by atoms with E-state index in [2.05, 4.69) is 10.4 Å². The van der Waals surface area contributed by atoms with Crippen molar-refractivity contribution >= 4 is 23.7 Å². The lowest BCUT2D eigenvalue weighted by atomic mass is 10.2. The second-order valence-electron chi connectivity index (χ2n) is 4.55.